The molecule has 2 unspecified atom stereocenters. The van der Waals surface area contributed by atoms with Gasteiger partial charge in [-0.2, -0.15) is 0 Å². The highest BCUT2D eigenvalue weighted by molar-refractivity contribution is 7.87. The number of carbonyl (C=O) groups excluding carboxylic acids is 1. The van der Waals surface area contributed by atoms with E-state index in [1.165, 1.54) is 17.5 Å². The molecule has 1 aromatic heterocycles. The number of rotatable bonds is 4. The van der Waals surface area contributed by atoms with Crippen LogP contribution >= 0.6 is 22.9 Å². The molecule has 3 saturated heterocycles. The number of thiazole rings is 1. The zero-order valence-corrected chi connectivity index (χ0v) is 15.9. The average molecular weight is 396 g/mol. The first kappa shape index (κ1) is 17.1. The first-order chi connectivity index (χ1) is 12.1. The van der Waals surface area contributed by atoms with Gasteiger partial charge in [0, 0.05) is 22.5 Å². The molecule has 0 radical (unpaired) electrons. The molecule has 4 heterocycles. The Hall–Kier alpha value is -1.28. The predicted molar refractivity (Wildman–Crippen MR) is 98.7 cm³/mol. The standard InChI is InChI=1S/C17H18ClN3O2S2/c18-12-1-3-13(4-2-12)25(23)17-19-9-15(24-17)16(22)20-14-10-21-7-5-11(14)6-8-21/h1-4,9,11,14H,5-8,10H2,(H,20,22). The number of carbonyl (C=O) groups is 1. The normalized spacial score (nSPS) is 26.4. The largest absolute Gasteiger partial charge is 0.347 e. The summed E-state index contributed by atoms with van der Waals surface area (Å²) in [7, 11) is -1.40. The lowest BCUT2D eigenvalue weighted by molar-refractivity contribution is 0.0622. The quantitative estimate of drug-likeness (QED) is 0.864. The molecular formula is C17H18ClN3O2S2. The molecule has 0 aliphatic carbocycles. The molecule has 25 heavy (non-hydrogen) atoms. The van der Waals surface area contributed by atoms with E-state index in [0.29, 0.717) is 25.1 Å². The molecule has 0 spiro atoms. The average Bonchev–Trinajstić information content (AvgIpc) is 3.13. The second-order valence-corrected chi connectivity index (χ2v) is 9.55. The molecule has 132 valence electrons. The number of piperidine rings is 3. The SMILES string of the molecule is O=C(NC1CN2CCC1CC2)c1cnc(S(=O)c2ccc(Cl)cc2)s1. The van der Waals surface area contributed by atoms with Crippen molar-refractivity contribution >= 4 is 39.6 Å². The van der Waals surface area contributed by atoms with Gasteiger partial charge in [0.1, 0.15) is 15.7 Å². The van der Waals surface area contributed by atoms with Gasteiger partial charge in [-0.25, -0.2) is 9.19 Å². The molecule has 8 heteroatoms. The van der Waals surface area contributed by atoms with Gasteiger partial charge in [-0.05, 0) is 56.1 Å². The van der Waals surface area contributed by atoms with Crippen molar-refractivity contribution in [2.75, 3.05) is 19.6 Å². The minimum atomic E-state index is -1.40. The van der Waals surface area contributed by atoms with E-state index >= 15 is 0 Å². The van der Waals surface area contributed by atoms with Crippen LogP contribution in [0.1, 0.15) is 22.5 Å². The fraction of sp³-hybridized carbons (Fsp3) is 0.412. The molecule has 0 saturated carbocycles. The fourth-order valence-corrected chi connectivity index (χ4v) is 5.75. The van der Waals surface area contributed by atoms with Crippen molar-refractivity contribution < 1.29 is 9.00 Å². The van der Waals surface area contributed by atoms with Crippen molar-refractivity contribution in [1.82, 2.24) is 15.2 Å². The zero-order valence-electron chi connectivity index (χ0n) is 13.5. The van der Waals surface area contributed by atoms with Crippen LogP contribution in [0.4, 0.5) is 0 Å². The lowest BCUT2D eigenvalue weighted by Gasteiger charge is -2.44. The molecule has 3 aliphatic rings. The molecule has 3 aliphatic heterocycles. The summed E-state index contributed by atoms with van der Waals surface area (Å²) in [5.41, 5.74) is 0. The Morgan fingerprint density at radius 1 is 1.28 bits per heavy atom. The Labute approximate surface area is 157 Å². The highest BCUT2D eigenvalue weighted by atomic mass is 35.5. The highest BCUT2D eigenvalue weighted by Gasteiger charge is 2.35. The fourth-order valence-electron chi connectivity index (χ4n) is 3.48. The smallest absolute Gasteiger partial charge is 0.263 e. The van der Waals surface area contributed by atoms with Crippen LogP contribution < -0.4 is 5.32 Å². The van der Waals surface area contributed by atoms with E-state index in [4.69, 9.17) is 11.6 Å². The summed E-state index contributed by atoms with van der Waals surface area (Å²) < 4.78 is 13.0. The van der Waals surface area contributed by atoms with E-state index in [9.17, 15) is 9.00 Å². The molecule has 2 bridgehead atoms. The van der Waals surface area contributed by atoms with Crippen LogP contribution in [-0.2, 0) is 10.8 Å². The van der Waals surface area contributed by atoms with Gasteiger partial charge in [0.05, 0.1) is 6.20 Å². The molecule has 3 fully saturated rings. The molecule has 2 aromatic rings. The van der Waals surface area contributed by atoms with Crippen molar-refractivity contribution in [2.45, 2.75) is 28.1 Å². The Morgan fingerprint density at radius 3 is 2.64 bits per heavy atom. The predicted octanol–water partition coefficient (Wildman–Crippen LogP) is 2.79. The van der Waals surface area contributed by atoms with Gasteiger partial charge >= 0.3 is 0 Å². The van der Waals surface area contributed by atoms with Crippen molar-refractivity contribution in [3.63, 3.8) is 0 Å². The van der Waals surface area contributed by atoms with Gasteiger partial charge in [0.25, 0.3) is 5.91 Å². The minimum absolute atomic E-state index is 0.115. The number of fused-ring (bicyclic) bond motifs is 3. The summed E-state index contributed by atoms with van der Waals surface area (Å²) in [5.74, 6) is 0.458. The molecule has 5 nitrogen and oxygen atoms in total. The number of nitrogens with one attached hydrogen (secondary N) is 1. The molecular weight excluding hydrogens is 378 g/mol. The van der Waals surface area contributed by atoms with Gasteiger partial charge < -0.3 is 10.2 Å². The van der Waals surface area contributed by atoms with Crippen LogP contribution in [0.15, 0.2) is 39.7 Å². The number of aromatic nitrogens is 1. The maximum Gasteiger partial charge on any atom is 0.263 e. The molecule has 2 atom stereocenters. The Morgan fingerprint density at radius 2 is 2.00 bits per heavy atom. The summed E-state index contributed by atoms with van der Waals surface area (Å²) in [4.78, 5) is 20.3. The topological polar surface area (TPSA) is 62.3 Å². The summed E-state index contributed by atoms with van der Waals surface area (Å²) in [6.07, 6.45) is 3.82. The number of hydrogen-bond acceptors (Lipinski definition) is 5. The Bertz CT molecular complexity index is 800. The Kier molecular flexibility index (Phi) is 4.90. The van der Waals surface area contributed by atoms with Gasteiger partial charge in [0.15, 0.2) is 4.34 Å². The van der Waals surface area contributed by atoms with Crippen LogP contribution in [0.25, 0.3) is 0 Å². The third-order valence-corrected chi connectivity index (χ3v) is 7.74. The molecule has 1 aromatic carbocycles. The lowest BCUT2D eigenvalue weighted by Crippen LogP contribution is -2.57. The second kappa shape index (κ2) is 7.15. The van der Waals surface area contributed by atoms with E-state index in [0.717, 1.165) is 32.5 Å². The van der Waals surface area contributed by atoms with E-state index in [2.05, 4.69) is 15.2 Å². The van der Waals surface area contributed by atoms with E-state index < -0.39 is 10.8 Å². The van der Waals surface area contributed by atoms with Crippen LogP contribution in [0.5, 0.6) is 0 Å². The second-order valence-electron chi connectivity index (χ2n) is 6.43. The van der Waals surface area contributed by atoms with Crippen molar-refractivity contribution in [3.8, 4) is 0 Å². The van der Waals surface area contributed by atoms with Gasteiger partial charge in [-0.3, -0.25) is 4.79 Å². The number of halogens is 1. The third-order valence-electron chi connectivity index (χ3n) is 4.87. The summed E-state index contributed by atoms with van der Waals surface area (Å²) >= 11 is 7.05. The van der Waals surface area contributed by atoms with Gasteiger partial charge in [-0.1, -0.05) is 22.9 Å². The maximum absolute atomic E-state index is 12.6. The van der Waals surface area contributed by atoms with E-state index in [1.54, 1.807) is 24.3 Å². The lowest BCUT2D eigenvalue weighted by atomic mass is 9.84. The Balaban J connectivity index is 1.44. The van der Waals surface area contributed by atoms with Crippen molar-refractivity contribution in [3.05, 3.63) is 40.4 Å². The van der Waals surface area contributed by atoms with Crippen LogP contribution in [0, 0.1) is 5.92 Å². The summed E-state index contributed by atoms with van der Waals surface area (Å²) in [6, 6.07) is 7.04. The zero-order chi connectivity index (χ0) is 17.4. The molecule has 1 amide bonds. The molecule has 1 N–H and O–H groups in total. The minimum Gasteiger partial charge on any atom is -0.347 e. The highest BCUT2D eigenvalue weighted by Crippen LogP contribution is 2.28. The van der Waals surface area contributed by atoms with E-state index in [-0.39, 0.29) is 11.9 Å². The molecule has 5 rings (SSSR count). The number of benzene rings is 1. The number of nitrogens with zero attached hydrogens (tertiary/aromatic N) is 2. The monoisotopic (exact) mass is 395 g/mol. The summed E-state index contributed by atoms with van der Waals surface area (Å²) in [5, 5.41) is 3.73. The first-order valence-electron chi connectivity index (χ1n) is 8.26. The van der Waals surface area contributed by atoms with Crippen LogP contribution in [-0.4, -0.2) is 45.7 Å². The summed E-state index contributed by atoms with van der Waals surface area (Å²) in [6.45, 7) is 3.21. The number of hydrogen-bond donors (Lipinski definition) is 1. The van der Waals surface area contributed by atoms with Crippen LogP contribution in [0.2, 0.25) is 5.02 Å². The third kappa shape index (κ3) is 3.65. The maximum atomic E-state index is 12.6. The number of amides is 1. The first-order valence-corrected chi connectivity index (χ1v) is 10.6. The van der Waals surface area contributed by atoms with Gasteiger partial charge in [0.2, 0.25) is 0 Å². The van der Waals surface area contributed by atoms with Crippen LogP contribution in [0.3, 0.4) is 0 Å². The van der Waals surface area contributed by atoms with Gasteiger partial charge in [-0.15, -0.1) is 0 Å². The van der Waals surface area contributed by atoms with Crippen molar-refractivity contribution in [2.24, 2.45) is 5.92 Å². The van der Waals surface area contributed by atoms with E-state index in [1.807, 2.05) is 0 Å². The van der Waals surface area contributed by atoms with Crippen molar-refractivity contribution in [1.29, 1.82) is 0 Å².